The Bertz CT molecular complexity index is 623. The molecule has 102 valence electrons. The summed E-state index contributed by atoms with van der Waals surface area (Å²) in [6.45, 7) is 1.70. The standard InChI is InChI=1S/C15H14ClN3O/c1-15(18-19-17,12-7-9-13(16)10-8-12)14(20)11-5-3-2-4-6-11/h2-10,14,20H,1H3/t14-,15-/m1/s1. The maximum Gasteiger partial charge on any atom is 0.101 e. The van der Waals surface area contributed by atoms with Crippen molar-refractivity contribution < 1.29 is 5.11 Å². The highest BCUT2D eigenvalue weighted by Gasteiger charge is 2.35. The smallest absolute Gasteiger partial charge is 0.101 e. The van der Waals surface area contributed by atoms with Crippen molar-refractivity contribution in [1.29, 1.82) is 0 Å². The molecule has 20 heavy (non-hydrogen) atoms. The Morgan fingerprint density at radius 1 is 1.15 bits per heavy atom. The van der Waals surface area contributed by atoms with Gasteiger partial charge in [-0.25, -0.2) is 0 Å². The van der Waals surface area contributed by atoms with Crippen molar-refractivity contribution in [3.8, 4) is 0 Å². The van der Waals surface area contributed by atoms with Crippen LogP contribution in [0.1, 0.15) is 24.2 Å². The van der Waals surface area contributed by atoms with Gasteiger partial charge in [0.05, 0.1) is 6.10 Å². The van der Waals surface area contributed by atoms with Crippen molar-refractivity contribution in [3.05, 3.63) is 81.2 Å². The summed E-state index contributed by atoms with van der Waals surface area (Å²) in [5, 5.41) is 15.0. The van der Waals surface area contributed by atoms with Gasteiger partial charge in [0.1, 0.15) is 5.54 Å². The van der Waals surface area contributed by atoms with E-state index in [2.05, 4.69) is 10.0 Å². The van der Waals surface area contributed by atoms with Crippen LogP contribution in [0.2, 0.25) is 5.02 Å². The van der Waals surface area contributed by atoms with E-state index in [1.54, 1.807) is 43.3 Å². The Kier molecular flexibility index (Phi) is 4.30. The third kappa shape index (κ3) is 2.78. The number of benzene rings is 2. The minimum Gasteiger partial charge on any atom is -0.387 e. The molecule has 0 aliphatic carbocycles. The van der Waals surface area contributed by atoms with E-state index in [4.69, 9.17) is 17.1 Å². The van der Waals surface area contributed by atoms with Gasteiger partial charge in [0.15, 0.2) is 0 Å². The average molecular weight is 288 g/mol. The summed E-state index contributed by atoms with van der Waals surface area (Å²) < 4.78 is 0. The summed E-state index contributed by atoms with van der Waals surface area (Å²) in [6.07, 6.45) is -0.944. The van der Waals surface area contributed by atoms with Gasteiger partial charge in [-0.3, -0.25) is 0 Å². The van der Waals surface area contributed by atoms with Crippen LogP contribution < -0.4 is 0 Å². The zero-order valence-corrected chi connectivity index (χ0v) is 11.7. The molecule has 2 rings (SSSR count). The van der Waals surface area contributed by atoms with E-state index in [0.29, 0.717) is 16.1 Å². The molecule has 0 aliphatic heterocycles. The summed E-state index contributed by atoms with van der Waals surface area (Å²) in [4.78, 5) is 2.89. The van der Waals surface area contributed by atoms with Crippen LogP contribution in [-0.2, 0) is 5.54 Å². The van der Waals surface area contributed by atoms with Crippen LogP contribution in [0, 0.1) is 0 Å². The molecule has 0 saturated carbocycles. The first kappa shape index (κ1) is 14.4. The Hall–Kier alpha value is -2.00. The molecule has 2 aromatic carbocycles. The molecule has 0 aromatic heterocycles. The van der Waals surface area contributed by atoms with E-state index < -0.39 is 11.6 Å². The first-order chi connectivity index (χ1) is 9.58. The second-order valence-corrected chi connectivity index (χ2v) is 5.09. The van der Waals surface area contributed by atoms with E-state index in [-0.39, 0.29) is 0 Å². The fraction of sp³-hybridized carbons (Fsp3) is 0.200. The molecule has 0 unspecified atom stereocenters. The normalized spacial score (nSPS) is 14.9. The molecular formula is C15H14ClN3O. The van der Waals surface area contributed by atoms with Crippen LogP contribution in [0.25, 0.3) is 10.4 Å². The van der Waals surface area contributed by atoms with Gasteiger partial charge >= 0.3 is 0 Å². The summed E-state index contributed by atoms with van der Waals surface area (Å²) in [7, 11) is 0. The van der Waals surface area contributed by atoms with Crippen LogP contribution in [0.5, 0.6) is 0 Å². The number of aliphatic hydroxyl groups excluding tert-OH is 1. The van der Waals surface area contributed by atoms with Crippen LogP contribution in [0.15, 0.2) is 59.7 Å². The van der Waals surface area contributed by atoms with Gasteiger partial charge < -0.3 is 5.11 Å². The van der Waals surface area contributed by atoms with E-state index >= 15 is 0 Å². The number of rotatable bonds is 4. The Labute approximate surface area is 122 Å². The Balaban J connectivity index is 2.49. The first-order valence-corrected chi connectivity index (χ1v) is 6.51. The molecule has 0 heterocycles. The fourth-order valence-electron chi connectivity index (χ4n) is 2.11. The molecule has 0 radical (unpaired) electrons. The number of aliphatic hydroxyl groups is 1. The average Bonchev–Trinajstić information content (AvgIpc) is 2.48. The van der Waals surface area contributed by atoms with E-state index in [0.717, 1.165) is 0 Å². The minimum atomic E-state index is -1.10. The van der Waals surface area contributed by atoms with Gasteiger partial charge in [-0.15, -0.1) is 0 Å². The highest BCUT2D eigenvalue weighted by Crippen LogP contribution is 2.39. The Morgan fingerprint density at radius 3 is 2.30 bits per heavy atom. The van der Waals surface area contributed by atoms with Gasteiger partial charge in [0.2, 0.25) is 0 Å². The van der Waals surface area contributed by atoms with Crippen LogP contribution >= 0.6 is 11.6 Å². The first-order valence-electron chi connectivity index (χ1n) is 6.13. The third-order valence-corrected chi connectivity index (χ3v) is 3.58. The van der Waals surface area contributed by atoms with E-state index in [9.17, 15) is 5.11 Å². The topological polar surface area (TPSA) is 69.0 Å². The molecule has 0 spiro atoms. The lowest BCUT2D eigenvalue weighted by molar-refractivity contribution is 0.0934. The molecule has 0 bridgehead atoms. The van der Waals surface area contributed by atoms with Gasteiger partial charge in [-0.2, -0.15) is 0 Å². The van der Waals surface area contributed by atoms with Crippen LogP contribution in [0.3, 0.4) is 0 Å². The summed E-state index contributed by atoms with van der Waals surface area (Å²) in [5.41, 5.74) is 9.13. The van der Waals surface area contributed by atoms with Gasteiger partial charge in [0.25, 0.3) is 0 Å². The SMILES string of the molecule is C[C@@](N=[N+]=[N-])(c1ccc(Cl)cc1)[C@H](O)c1ccccc1. The van der Waals surface area contributed by atoms with Gasteiger partial charge in [-0.05, 0) is 35.7 Å². The second-order valence-electron chi connectivity index (χ2n) is 4.66. The number of hydrogen-bond acceptors (Lipinski definition) is 2. The van der Waals surface area contributed by atoms with Gasteiger partial charge in [0, 0.05) is 9.93 Å². The molecule has 2 aromatic rings. The molecule has 5 heteroatoms. The lowest BCUT2D eigenvalue weighted by atomic mass is 9.84. The van der Waals surface area contributed by atoms with Crippen molar-refractivity contribution in [3.63, 3.8) is 0 Å². The second kappa shape index (κ2) is 5.97. The van der Waals surface area contributed by atoms with Crippen molar-refractivity contribution >= 4 is 11.6 Å². The van der Waals surface area contributed by atoms with E-state index in [1.165, 1.54) is 0 Å². The maximum absolute atomic E-state index is 10.6. The minimum absolute atomic E-state index is 0.589. The van der Waals surface area contributed by atoms with Crippen molar-refractivity contribution in [1.82, 2.24) is 0 Å². The zero-order chi connectivity index (χ0) is 14.6. The molecule has 4 nitrogen and oxygen atoms in total. The molecule has 0 aliphatic rings. The van der Waals surface area contributed by atoms with Crippen LogP contribution in [-0.4, -0.2) is 5.11 Å². The van der Waals surface area contributed by atoms with E-state index in [1.807, 2.05) is 18.2 Å². The number of nitrogens with zero attached hydrogens (tertiary/aromatic N) is 3. The highest BCUT2D eigenvalue weighted by molar-refractivity contribution is 6.30. The lowest BCUT2D eigenvalue weighted by Crippen LogP contribution is -2.27. The van der Waals surface area contributed by atoms with Crippen LogP contribution in [0.4, 0.5) is 0 Å². The summed E-state index contributed by atoms with van der Waals surface area (Å²) >= 11 is 5.87. The third-order valence-electron chi connectivity index (χ3n) is 3.33. The lowest BCUT2D eigenvalue weighted by Gasteiger charge is -2.30. The monoisotopic (exact) mass is 287 g/mol. The van der Waals surface area contributed by atoms with Crippen molar-refractivity contribution in [2.75, 3.05) is 0 Å². The maximum atomic E-state index is 10.6. The number of hydrogen-bond donors (Lipinski definition) is 1. The van der Waals surface area contributed by atoms with Gasteiger partial charge in [-0.1, -0.05) is 59.2 Å². The molecule has 0 amide bonds. The molecule has 0 fully saturated rings. The zero-order valence-electron chi connectivity index (χ0n) is 10.9. The fourth-order valence-corrected chi connectivity index (χ4v) is 2.24. The van der Waals surface area contributed by atoms with Crippen molar-refractivity contribution in [2.45, 2.75) is 18.6 Å². The molecule has 1 N–H and O–H groups in total. The predicted octanol–water partition coefficient (Wildman–Crippen LogP) is 4.60. The molecular weight excluding hydrogens is 274 g/mol. The summed E-state index contributed by atoms with van der Waals surface area (Å²) in [6, 6.07) is 16.0. The number of halogens is 1. The largest absolute Gasteiger partial charge is 0.387 e. The predicted molar refractivity (Wildman–Crippen MR) is 79.4 cm³/mol. The number of azide groups is 1. The summed E-state index contributed by atoms with van der Waals surface area (Å²) in [5.74, 6) is 0. The molecule has 0 saturated heterocycles. The molecule has 2 atom stereocenters. The highest BCUT2D eigenvalue weighted by atomic mass is 35.5. The van der Waals surface area contributed by atoms with Crippen molar-refractivity contribution in [2.24, 2.45) is 5.11 Å². The Morgan fingerprint density at radius 2 is 1.75 bits per heavy atom. The quantitative estimate of drug-likeness (QED) is 0.498.